The Morgan fingerprint density at radius 3 is 2.79 bits per heavy atom. The third kappa shape index (κ3) is 3.76. The van der Waals surface area contributed by atoms with Crippen LogP contribution in [-0.2, 0) is 16.6 Å². The highest BCUT2D eigenvalue weighted by molar-refractivity contribution is 7.83. The predicted octanol–water partition coefficient (Wildman–Crippen LogP) is 2.78. The predicted molar refractivity (Wildman–Crippen MR) is 92.7 cm³/mol. The molecule has 1 N–H and O–H groups in total. The maximum Gasteiger partial charge on any atom is 0.251 e. The van der Waals surface area contributed by atoms with Gasteiger partial charge in [-0.15, -0.1) is 0 Å². The maximum absolute atomic E-state index is 12.5. The number of fused-ring (bicyclic) bond motifs is 1. The standard InChI is InChI=1S/C18H19NO4S/c1-12(14-6-7-16-17(9-14)23-11-22-16)19-18(20)15-5-3-4-13(8-15)10-24(2)21/h3-9,12H,10-11H2,1-2H3,(H,19,20). The highest BCUT2D eigenvalue weighted by Gasteiger charge is 2.17. The first-order valence-corrected chi connectivity index (χ1v) is 9.35. The highest BCUT2D eigenvalue weighted by atomic mass is 32.2. The third-order valence-corrected chi connectivity index (χ3v) is 4.54. The summed E-state index contributed by atoms with van der Waals surface area (Å²) >= 11 is 0. The van der Waals surface area contributed by atoms with Crippen LogP contribution >= 0.6 is 0 Å². The Morgan fingerprint density at radius 2 is 2.00 bits per heavy atom. The van der Waals surface area contributed by atoms with Gasteiger partial charge in [0.05, 0.1) is 6.04 Å². The average molecular weight is 345 g/mol. The van der Waals surface area contributed by atoms with E-state index in [-0.39, 0.29) is 18.7 Å². The molecule has 0 bridgehead atoms. The number of hydrogen-bond donors (Lipinski definition) is 1. The molecule has 6 heteroatoms. The van der Waals surface area contributed by atoms with Crippen LogP contribution in [0.25, 0.3) is 0 Å². The van der Waals surface area contributed by atoms with E-state index in [1.165, 1.54) is 0 Å². The smallest absolute Gasteiger partial charge is 0.251 e. The van der Waals surface area contributed by atoms with Gasteiger partial charge in [0.25, 0.3) is 5.91 Å². The fourth-order valence-corrected chi connectivity index (χ4v) is 3.23. The summed E-state index contributed by atoms with van der Waals surface area (Å²) in [6.45, 7) is 2.14. The van der Waals surface area contributed by atoms with E-state index in [0.717, 1.165) is 16.9 Å². The topological polar surface area (TPSA) is 64.6 Å². The largest absolute Gasteiger partial charge is 0.454 e. The molecule has 126 valence electrons. The first kappa shape index (κ1) is 16.5. The van der Waals surface area contributed by atoms with Crippen molar-refractivity contribution in [3.05, 3.63) is 59.2 Å². The van der Waals surface area contributed by atoms with E-state index in [2.05, 4.69) is 5.32 Å². The summed E-state index contributed by atoms with van der Waals surface area (Å²) in [5.74, 6) is 1.70. The van der Waals surface area contributed by atoms with Gasteiger partial charge in [0.15, 0.2) is 11.5 Å². The van der Waals surface area contributed by atoms with Crippen molar-refractivity contribution in [3.63, 3.8) is 0 Å². The van der Waals surface area contributed by atoms with E-state index < -0.39 is 10.8 Å². The van der Waals surface area contributed by atoms with Gasteiger partial charge in [-0.3, -0.25) is 9.00 Å². The molecule has 0 saturated carbocycles. The Labute approximate surface area is 143 Å². The first-order valence-electron chi connectivity index (χ1n) is 7.62. The lowest BCUT2D eigenvalue weighted by molar-refractivity contribution is 0.0939. The van der Waals surface area contributed by atoms with Crippen molar-refractivity contribution in [2.75, 3.05) is 13.0 Å². The monoisotopic (exact) mass is 345 g/mol. The molecule has 0 fully saturated rings. The van der Waals surface area contributed by atoms with Crippen LogP contribution in [0.2, 0.25) is 0 Å². The molecule has 3 rings (SSSR count). The molecule has 0 aromatic heterocycles. The van der Waals surface area contributed by atoms with Gasteiger partial charge < -0.3 is 14.8 Å². The molecule has 2 aromatic carbocycles. The first-order chi connectivity index (χ1) is 11.5. The molecule has 0 radical (unpaired) electrons. The number of nitrogens with one attached hydrogen (secondary N) is 1. The van der Waals surface area contributed by atoms with Crippen molar-refractivity contribution < 1.29 is 18.5 Å². The summed E-state index contributed by atoms with van der Waals surface area (Å²) in [5.41, 5.74) is 2.39. The molecular formula is C18H19NO4S. The van der Waals surface area contributed by atoms with Gasteiger partial charge in [0.1, 0.15) is 0 Å². The van der Waals surface area contributed by atoms with E-state index >= 15 is 0 Å². The second kappa shape index (κ2) is 7.05. The molecule has 2 atom stereocenters. The number of rotatable bonds is 5. The van der Waals surface area contributed by atoms with Gasteiger partial charge in [-0.05, 0) is 42.3 Å². The van der Waals surface area contributed by atoms with Crippen LogP contribution < -0.4 is 14.8 Å². The molecule has 2 unspecified atom stereocenters. The molecule has 1 aliphatic rings. The van der Waals surface area contributed by atoms with Crippen molar-refractivity contribution in [1.82, 2.24) is 5.32 Å². The molecule has 1 amide bonds. The van der Waals surface area contributed by atoms with Crippen molar-refractivity contribution >= 4 is 16.7 Å². The fourth-order valence-electron chi connectivity index (χ4n) is 2.58. The van der Waals surface area contributed by atoms with E-state index in [4.69, 9.17) is 9.47 Å². The van der Waals surface area contributed by atoms with Crippen LogP contribution in [0.1, 0.15) is 34.5 Å². The Morgan fingerprint density at radius 1 is 1.21 bits per heavy atom. The zero-order valence-electron chi connectivity index (χ0n) is 13.6. The average Bonchev–Trinajstić information content (AvgIpc) is 3.02. The molecule has 2 aromatic rings. The van der Waals surface area contributed by atoms with Gasteiger partial charge in [-0.25, -0.2) is 0 Å². The van der Waals surface area contributed by atoms with Gasteiger partial charge in [-0.1, -0.05) is 18.2 Å². The molecule has 0 spiro atoms. The van der Waals surface area contributed by atoms with Crippen molar-refractivity contribution in [2.24, 2.45) is 0 Å². The summed E-state index contributed by atoms with van der Waals surface area (Å²) < 4.78 is 22.0. The van der Waals surface area contributed by atoms with Crippen LogP contribution in [0.4, 0.5) is 0 Å². The lowest BCUT2D eigenvalue weighted by atomic mass is 10.1. The molecular weight excluding hydrogens is 326 g/mol. The van der Waals surface area contributed by atoms with E-state index in [0.29, 0.717) is 17.1 Å². The van der Waals surface area contributed by atoms with Gasteiger partial charge in [-0.2, -0.15) is 0 Å². The maximum atomic E-state index is 12.5. The molecule has 0 aliphatic carbocycles. The second-order valence-corrected chi connectivity index (χ2v) is 7.16. The van der Waals surface area contributed by atoms with Crippen molar-refractivity contribution in [1.29, 1.82) is 0 Å². The van der Waals surface area contributed by atoms with Crippen LogP contribution in [0.15, 0.2) is 42.5 Å². The number of carbonyl (C=O) groups is 1. The normalized spacial score (nSPS) is 14.9. The Bertz CT molecular complexity index is 790. The van der Waals surface area contributed by atoms with Crippen LogP contribution in [0.5, 0.6) is 11.5 Å². The zero-order chi connectivity index (χ0) is 17.1. The minimum Gasteiger partial charge on any atom is -0.454 e. The number of ether oxygens (including phenoxy) is 2. The van der Waals surface area contributed by atoms with Crippen molar-refractivity contribution in [2.45, 2.75) is 18.7 Å². The second-order valence-electron chi connectivity index (χ2n) is 5.73. The lowest BCUT2D eigenvalue weighted by Crippen LogP contribution is -2.26. The van der Waals surface area contributed by atoms with Crippen LogP contribution in [0.3, 0.4) is 0 Å². The highest BCUT2D eigenvalue weighted by Crippen LogP contribution is 2.34. The van der Waals surface area contributed by atoms with Crippen LogP contribution in [-0.4, -0.2) is 23.2 Å². The van der Waals surface area contributed by atoms with E-state index in [1.807, 2.05) is 37.3 Å². The number of hydrogen-bond acceptors (Lipinski definition) is 4. The van der Waals surface area contributed by atoms with Crippen LogP contribution in [0, 0.1) is 0 Å². The Kier molecular flexibility index (Phi) is 4.85. The summed E-state index contributed by atoms with van der Waals surface area (Å²) in [4.78, 5) is 12.5. The number of carbonyl (C=O) groups excluding carboxylic acids is 1. The number of benzene rings is 2. The van der Waals surface area contributed by atoms with E-state index in [9.17, 15) is 9.00 Å². The molecule has 0 saturated heterocycles. The van der Waals surface area contributed by atoms with E-state index in [1.54, 1.807) is 18.4 Å². The van der Waals surface area contributed by atoms with Crippen molar-refractivity contribution in [3.8, 4) is 11.5 Å². The fraction of sp³-hybridized carbons (Fsp3) is 0.278. The Hall–Kier alpha value is -2.34. The number of amides is 1. The summed E-state index contributed by atoms with van der Waals surface area (Å²) in [5, 5.41) is 2.97. The lowest BCUT2D eigenvalue weighted by Gasteiger charge is -2.15. The molecule has 1 heterocycles. The Balaban J connectivity index is 1.71. The molecule has 5 nitrogen and oxygen atoms in total. The SMILES string of the molecule is CC(NC(=O)c1cccc(CS(C)=O)c1)c1ccc2c(c1)OCO2. The molecule has 24 heavy (non-hydrogen) atoms. The zero-order valence-corrected chi connectivity index (χ0v) is 14.4. The summed E-state index contributed by atoms with van der Waals surface area (Å²) in [7, 11) is -0.936. The minimum atomic E-state index is -0.936. The minimum absolute atomic E-state index is 0.163. The molecule has 1 aliphatic heterocycles. The summed E-state index contributed by atoms with van der Waals surface area (Å²) in [6, 6.07) is 12.7. The van der Waals surface area contributed by atoms with Gasteiger partial charge >= 0.3 is 0 Å². The third-order valence-electron chi connectivity index (χ3n) is 3.80. The van der Waals surface area contributed by atoms with Gasteiger partial charge in [0, 0.05) is 28.4 Å². The van der Waals surface area contributed by atoms with Gasteiger partial charge in [0.2, 0.25) is 6.79 Å². The quantitative estimate of drug-likeness (QED) is 0.905. The summed E-state index contributed by atoms with van der Waals surface area (Å²) in [6.07, 6.45) is 1.65.